The summed E-state index contributed by atoms with van der Waals surface area (Å²) < 4.78 is 2.01. The fourth-order valence-electron chi connectivity index (χ4n) is 4.18. The van der Waals surface area contributed by atoms with E-state index in [1.807, 2.05) is 17.1 Å². The number of nitrogens with zero attached hydrogens (tertiary/aromatic N) is 4. The van der Waals surface area contributed by atoms with Gasteiger partial charge in [-0.05, 0) is 50.0 Å². The Balaban J connectivity index is 1.32. The number of piperidine rings is 1. The summed E-state index contributed by atoms with van der Waals surface area (Å²) in [7, 11) is 0. The van der Waals surface area contributed by atoms with Crippen molar-refractivity contribution < 1.29 is 5.11 Å². The van der Waals surface area contributed by atoms with E-state index < -0.39 is 5.60 Å². The summed E-state index contributed by atoms with van der Waals surface area (Å²) in [4.78, 5) is 8.93. The van der Waals surface area contributed by atoms with Crippen molar-refractivity contribution in [2.75, 3.05) is 32.7 Å². The summed E-state index contributed by atoms with van der Waals surface area (Å²) in [5, 5.41) is 11.0. The molecule has 134 valence electrons. The fraction of sp³-hybridized carbons (Fsp3) is 0.550. The normalized spacial score (nSPS) is 25.5. The molecule has 0 aliphatic carbocycles. The van der Waals surface area contributed by atoms with Crippen LogP contribution in [0.1, 0.15) is 31.2 Å². The largest absolute Gasteiger partial charge is 0.387 e. The zero-order valence-electron chi connectivity index (χ0n) is 14.8. The van der Waals surface area contributed by atoms with Crippen molar-refractivity contribution in [2.24, 2.45) is 0 Å². The molecule has 2 aliphatic rings. The minimum absolute atomic E-state index is 0.534. The Morgan fingerprint density at radius 1 is 1.00 bits per heavy atom. The maximum Gasteiger partial charge on any atom is 0.0991 e. The van der Waals surface area contributed by atoms with Gasteiger partial charge in [-0.1, -0.05) is 18.6 Å². The molecule has 0 radical (unpaired) electrons. The molecule has 25 heavy (non-hydrogen) atoms. The second-order valence-corrected chi connectivity index (χ2v) is 7.66. The van der Waals surface area contributed by atoms with Crippen LogP contribution in [0.2, 0.25) is 0 Å². The number of likely N-dealkylation sites (tertiary alicyclic amines) is 2. The maximum absolute atomic E-state index is 11.0. The Labute approximate surface area is 149 Å². The number of imidazole rings is 1. The predicted octanol–water partition coefficient (Wildman–Crippen LogP) is 2.29. The second-order valence-electron chi connectivity index (χ2n) is 7.66. The van der Waals surface area contributed by atoms with E-state index in [0.717, 1.165) is 51.4 Å². The van der Waals surface area contributed by atoms with E-state index >= 15 is 0 Å². The van der Waals surface area contributed by atoms with Crippen molar-refractivity contribution in [3.63, 3.8) is 0 Å². The number of aliphatic hydroxyl groups is 1. The van der Waals surface area contributed by atoms with Crippen molar-refractivity contribution in [3.05, 3.63) is 48.5 Å². The number of rotatable bonds is 5. The first kappa shape index (κ1) is 16.8. The van der Waals surface area contributed by atoms with E-state index in [1.165, 1.54) is 24.8 Å². The van der Waals surface area contributed by atoms with Crippen LogP contribution in [0.15, 0.2) is 43.0 Å². The lowest BCUT2D eigenvalue weighted by atomic mass is 10.0. The summed E-state index contributed by atoms with van der Waals surface area (Å²) in [6.45, 7) is 5.81. The summed E-state index contributed by atoms with van der Waals surface area (Å²) in [6, 6.07) is 8.62. The van der Waals surface area contributed by atoms with E-state index in [9.17, 15) is 5.11 Å². The average molecular weight is 340 g/mol. The van der Waals surface area contributed by atoms with Crippen LogP contribution >= 0.6 is 0 Å². The maximum atomic E-state index is 11.0. The van der Waals surface area contributed by atoms with Crippen LogP contribution in [0, 0.1) is 0 Å². The van der Waals surface area contributed by atoms with E-state index in [1.54, 1.807) is 6.20 Å². The molecule has 2 fully saturated rings. The molecule has 0 spiro atoms. The van der Waals surface area contributed by atoms with Gasteiger partial charge in [0.05, 0.1) is 11.9 Å². The molecule has 0 amide bonds. The molecule has 0 unspecified atom stereocenters. The third kappa shape index (κ3) is 4.11. The number of hydrogen-bond donors (Lipinski definition) is 1. The highest BCUT2D eigenvalue weighted by Crippen LogP contribution is 2.25. The van der Waals surface area contributed by atoms with Crippen LogP contribution in [-0.4, -0.2) is 62.8 Å². The highest BCUT2D eigenvalue weighted by molar-refractivity contribution is 5.34. The summed E-state index contributed by atoms with van der Waals surface area (Å²) in [5.74, 6) is 0. The summed E-state index contributed by atoms with van der Waals surface area (Å²) in [5.41, 5.74) is 1.89. The van der Waals surface area contributed by atoms with E-state index in [2.05, 4.69) is 39.0 Å². The lowest BCUT2D eigenvalue weighted by Crippen LogP contribution is -2.46. The third-order valence-electron chi connectivity index (χ3n) is 5.52. The lowest BCUT2D eigenvalue weighted by molar-refractivity contribution is 0.00635. The van der Waals surface area contributed by atoms with Gasteiger partial charge in [-0.15, -0.1) is 0 Å². The van der Waals surface area contributed by atoms with E-state index in [-0.39, 0.29) is 0 Å². The first-order valence-corrected chi connectivity index (χ1v) is 9.45. The van der Waals surface area contributed by atoms with Crippen LogP contribution in [0.3, 0.4) is 0 Å². The molecule has 2 aliphatic heterocycles. The Morgan fingerprint density at radius 3 is 2.52 bits per heavy atom. The standard InChI is InChI=1S/C20H28N4O/c25-20(15-22-10-2-1-3-11-22)8-12-23(16-20)14-18-4-6-19(7-5-18)24-13-9-21-17-24/h4-7,9,13,17,25H,1-3,8,10-12,14-16H2/t20-/m0/s1. The molecule has 0 saturated carbocycles. The third-order valence-corrected chi connectivity index (χ3v) is 5.52. The molecule has 2 saturated heterocycles. The minimum Gasteiger partial charge on any atom is -0.387 e. The van der Waals surface area contributed by atoms with Crippen LogP contribution in [0.5, 0.6) is 0 Å². The fourth-order valence-corrected chi connectivity index (χ4v) is 4.18. The van der Waals surface area contributed by atoms with Gasteiger partial charge in [0, 0.05) is 44.3 Å². The number of hydrogen-bond acceptors (Lipinski definition) is 4. The number of β-amino-alcohol motifs (C(OH)–C–C–N with tert-alkyl or cyclic N) is 1. The lowest BCUT2D eigenvalue weighted by Gasteiger charge is -2.33. The zero-order chi connectivity index (χ0) is 17.1. The number of benzene rings is 1. The molecular formula is C20H28N4O. The van der Waals surface area contributed by atoms with Crippen molar-refractivity contribution in [3.8, 4) is 5.69 Å². The molecule has 3 heterocycles. The van der Waals surface area contributed by atoms with Crippen LogP contribution in [-0.2, 0) is 6.54 Å². The van der Waals surface area contributed by atoms with E-state index in [4.69, 9.17) is 0 Å². The Kier molecular flexibility index (Phi) is 4.88. The van der Waals surface area contributed by atoms with Gasteiger partial charge in [0.1, 0.15) is 0 Å². The van der Waals surface area contributed by atoms with Crippen molar-refractivity contribution in [2.45, 2.75) is 37.8 Å². The van der Waals surface area contributed by atoms with Gasteiger partial charge in [-0.2, -0.15) is 0 Å². The molecule has 5 nitrogen and oxygen atoms in total. The van der Waals surface area contributed by atoms with Gasteiger partial charge in [0.25, 0.3) is 0 Å². The molecule has 1 aromatic heterocycles. The second kappa shape index (κ2) is 7.28. The molecule has 4 rings (SSSR count). The monoisotopic (exact) mass is 340 g/mol. The molecule has 2 aromatic rings. The van der Waals surface area contributed by atoms with Crippen LogP contribution in [0.25, 0.3) is 5.69 Å². The van der Waals surface area contributed by atoms with Crippen molar-refractivity contribution in [1.29, 1.82) is 0 Å². The first-order chi connectivity index (χ1) is 12.2. The minimum atomic E-state index is -0.534. The van der Waals surface area contributed by atoms with Gasteiger partial charge in [0.2, 0.25) is 0 Å². The predicted molar refractivity (Wildman–Crippen MR) is 98.7 cm³/mol. The Hall–Kier alpha value is -1.69. The smallest absolute Gasteiger partial charge is 0.0991 e. The molecule has 0 bridgehead atoms. The molecule has 5 heteroatoms. The molecule has 1 aromatic carbocycles. The van der Waals surface area contributed by atoms with Crippen LogP contribution in [0.4, 0.5) is 0 Å². The first-order valence-electron chi connectivity index (χ1n) is 9.45. The van der Waals surface area contributed by atoms with Crippen molar-refractivity contribution in [1.82, 2.24) is 19.4 Å². The topological polar surface area (TPSA) is 44.5 Å². The quantitative estimate of drug-likeness (QED) is 0.907. The SMILES string of the molecule is O[C@]1(CN2CCCCC2)CCN(Cc2ccc(-n3ccnc3)cc2)C1. The molecule has 1 N–H and O–H groups in total. The van der Waals surface area contributed by atoms with Gasteiger partial charge >= 0.3 is 0 Å². The van der Waals surface area contributed by atoms with Crippen molar-refractivity contribution >= 4 is 0 Å². The Morgan fingerprint density at radius 2 is 1.80 bits per heavy atom. The van der Waals surface area contributed by atoms with E-state index in [0.29, 0.717) is 0 Å². The van der Waals surface area contributed by atoms with Gasteiger partial charge in [-0.25, -0.2) is 4.98 Å². The molecule has 1 atom stereocenters. The Bertz CT molecular complexity index is 664. The molecular weight excluding hydrogens is 312 g/mol. The summed E-state index contributed by atoms with van der Waals surface area (Å²) in [6.07, 6.45) is 10.4. The average Bonchev–Trinajstić information content (AvgIpc) is 3.27. The van der Waals surface area contributed by atoms with Gasteiger partial charge in [0.15, 0.2) is 0 Å². The van der Waals surface area contributed by atoms with Gasteiger partial charge < -0.3 is 14.6 Å². The highest BCUT2D eigenvalue weighted by Gasteiger charge is 2.37. The zero-order valence-corrected chi connectivity index (χ0v) is 14.8. The highest BCUT2D eigenvalue weighted by atomic mass is 16.3. The van der Waals surface area contributed by atoms with Gasteiger partial charge in [-0.3, -0.25) is 4.90 Å². The number of aromatic nitrogens is 2. The summed E-state index contributed by atoms with van der Waals surface area (Å²) >= 11 is 0. The van der Waals surface area contributed by atoms with Crippen LogP contribution < -0.4 is 0 Å².